The fourth-order valence-electron chi connectivity index (χ4n) is 2.27. The molecule has 0 radical (unpaired) electrons. The van der Waals surface area contributed by atoms with Gasteiger partial charge in [-0.15, -0.1) is 0 Å². The van der Waals surface area contributed by atoms with Gasteiger partial charge in [0.1, 0.15) is 0 Å². The van der Waals surface area contributed by atoms with Crippen LogP contribution < -0.4 is 5.73 Å². The van der Waals surface area contributed by atoms with E-state index in [-0.39, 0.29) is 5.92 Å². The highest BCUT2D eigenvalue weighted by Crippen LogP contribution is 2.22. The fourth-order valence-corrected chi connectivity index (χ4v) is 4.04. The van der Waals surface area contributed by atoms with Crippen molar-refractivity contribution in [2.75, 3.05) is 17.2 Å². The van der Waals surface area contributed by atoms with E-state index < -0.39 is 9.84 Å². The minimum absolute atomic E-state index is 0.280. The van der Waals surface area contributed by atoms with E-state index in [1.807, 2.05) is 24.3 Å². The molecule has 0 aliphatic carbocycles. The summed E-state index contributed by atoms with van der Waals surface area (Å²) >= 11 is 0. The Kier molecular flexibility index (Phi) is 3.19. The first-order valence-electron chi connectivity index (χ1n) is 5.60. The van der Waals surface area contributed by atoms with Crippen LogP contribution in [-0.2, 0) is 16.3 Å². The lowest BCUT2D eigenvalue weighted by atomic mass is 9.96. The molecule has 1 aliphatic heterocycles. The quantitative estimate of drug-likeness (QED) is 0.798. The van der Waals surface area contributed by atoms with Crippen LogP contribution in [0.5, 0.6) is 0 Å². The van der Waals surface area contributed by atoms with E-state index in [9.17, 15) is 8.42 Å². The maximum Gasteiger partial charge on any atom is 0.150 e. The van der Waals surface area contributed by atoms with Crippen molar-refractivity contribution in [3.8, 4) is 0 Å². The summed E-state index contributed by atoms with van der Waals surface area (Å²) in [6, 6.07) is 7.70. The number of nitrogens with two attached hydrogens (primary N) is 1. The molecule has 1 aliphatic rings. The normalized spacial score (nSPS) is 24.1. The van der Waals surface area contributed by atoms with E-state index in [1.165, 1.54) is 5.56 Å². The van der Waals surface area contributed by atoms with Crippen molar-refractivity contribution in [2.45, 2.75) is 19.3 Å². The van der Waals surface area contributed by atoms with E-state index in [1.54, 1.807) is 0 Å². The van der Waals surface area contributed by atoms with Crippen molar-refractivity contribution in [3.63, 3.8) is 0 Å². The second-order valence-corrected chi connectivity index (χ2v) is 6.80. The van der Waals surface area contributed by atoms with Crippen LogP contribution in [0, 0.1) is 5.92 Å². The van der Waals surface area contributed by atoms with Crippen molar-refractivity contribution in [2.24, 2.45) is 5.92 Å². The van der Waals surface area contributed by atoms with Gasteiger partial charge < -0.3 is 5.73 Å². The van der Waals surface area contributed by atoms with Crippen LogP contribution in [0.25, 0.3) is 0 Å². The highest BCUT2D eigenvalue weighted by Gasteiger charge is 2.24. The van der Waals surface area contributed by atoms with Crippen LogP contribution in [-0.4, -0.2) is 19.9 Å². The molecule has 1 aromatic carbocycles. The van der Waals surface area contributed by atoms with Gasteiger partial charge in [0.25, 0.3) is 0 Å². The highest BCUT2D eigenvalue weighted by molar-refractivity contribution is 7.91. The number of benzene rings is 1. The summed E-state index contributed by atoms with van der Waals surface area (Å²) in [6.07, 6.45) is 2.67. The molecule has 0 spiro atoms. The van der Waals surface area contributed by atoms with Crippen LogP contribution in [0.4, 0.5) is 5.69 Å². The van der Waals surface area contributed by atoms with Gasteiger partial charge in [-0.05, 0) is 42.9 Å². The summed E-state index contributed by atoms with van der Waals surface area (Å²) in [6.45, 7) is 0. The van der Waals surface area contributed by atoms with Gasteiger partial charge in [-0.2, -0.15) is 0 Å². The van der Waals surface area contributed by atoms with Crippen molar-refractivity contribution >= 4 is 15.5 Å². The van der Waals surface area contributed by atoms with Crippen LogP contribution in [0.2, 0.25) is 0 Å². The van der Waals surface area contributed by atoms with Gasteiger partial charge in [-0.1, -0.05) is 12.1 Å². The highest BCUT2D eigenvalue weighted by atomic mass is 32.2. The molecule has 1 saturated heterocycles. The van der Waals surface area contributed by atoms with Gasteiger partial charge in [0.2, 0.25) is 0 Å². The largest absolute Gasteiger partial charge is 0.399 e. The lowest BCUT2D eigenvalue weighted by molar-refractivity contribution is 0.484. The number of sulfone groups is 1. The SMILES string of the molecule is Nc1ccc(CC2CCCS(=O)(=O)C2)cc1. The van der Waals surface area contributed by atoms with Crippen molar-refractivity contribution in [1.29, 1.82) is 0 Å². The summed E-state index contributed by atoms with van der Waals surface area (Å²) in [5.74, 6) is 0.991. The average Bonchev–Trinajstić information content (AvgIpc) is 2.20. The zero-order valence-electron chi connectivity index (χ0n) is 9.22. The summed E-state index contributed by atoms with van der Waals surface area (Å²) in [4.78, 5) is 0. The molecule has 3 nitrogen and oxygen atoms in total. The van der Waals surface area contributed by atoms with Gasteiger partial charge in [0.15, 0.2) is 9.84 Å². The molecule has 0 bridgehead atoms. The second kappa shape index (κ2) is 4.45. The van der Waals surface area contributed by atoms with Crippen LogP contribution in [0.1, 0.15) is 18.4 Å². The Bertz CT molecular complexity index is 450. The minimum Gasteiger partial charge on any atom is -0.399 e. The van der Waals surface area contributed by atoms with E-state index in [0.29, 0.717) is 11.5 Å². The number of rotatable bonds is 2. The van der Waals surface area contributed by atoms with Crippen molar-refractivity contribution in [3.05, 3.63) is 29.8 Å². The third-order valence-electron chi connectivity index (χ3n) is 3.06. The summed E-state index contributed by atoms with van der Waals surface area (Å²) in [5.41, 5.74) is 7.53. The molecule has 1 aromatic rings. The monoisotopic (exact) mass is 239 g/mol. The van der Waals surface area contributed by atoms with Crippen molar-refractivity contribution < 1.29 is 8.42 Å². The molecule has 16 heavy (non-hydrogen) atoms. The van der Waals surface area contributed by atoms with Crippen LogP contribution in [0.3, 0.4) is 0 Å². The Balaban J connectivity index is 2.02. The predicted molar refractivity (Wildman–Crippen MR) is 65.9 cm³/mol. The van der Waals surface area contributed by atoms with E-state index in [4.69, 9.17) is 5.73 Å². The Labute approximate surface area is 96.6 Å². The standard InChI is InChI=1S/C12H17NO2S/c13-12-5-3-10(4-6-12)8-11-2-1-7-16(14,15)9-11/h3-6,11H,1-2,7-9,13H2. The lowest BCUT2D eigenvalue weighted by Gasteiger charge is -2.21. The third kappa shape index (κ3) is 2.98. The number of hydrogen-bond acceptors (Lipinski definition) is 3. The molecule has 1 unspecified atom stereocenters. The number of nitrogen functional groups attached to an aromatic ring is 1. The molecule has 0 aromatic heterocycles. The van der Waals surface area contributed by atoms with Gasteiger partial charge in [-0.3, -0.25) is 0 Å². The molecule has 0 saturated carbocycles. The zero-order chi connectivity index (χ0) is 11.6. The lowest BCUT2D eigenvalue weighted by Crippen LogP contribution is -2.26. The van der Waals surface area contributed by atoms with Crippen molar-refractivity contribution in [1.82, 2.24) is 0 Å². The smallest absolute Gasteiger partial charge is 0.150 e. The number of anilines is 1. The minimum atomic E-state index is -2.78. The summed E-state index contributed by atoms with van der Waals surface area (Å²) in [7, 11) is -2.78. The molecule has 1 heterocycles. The second-order valence-electron chi connectivity index (χ2n) is 4.57. The maximum atomic E-state index is 11.5. The topological polar surface area (TPSA) is 60.2 Å². The van der Waals surface area contributed by atoms with Crippen LogP contribution >= 0.6 is 0 Å². The van der Waals surface area contributed by atoms with E-state index >= 15 is 0 Å². The van der Waals surface area contributed by atoms with Gasteiger partial charge in [0.05, 0.1) is 11.5 Å². The van der Waals surface area contributed by atoms with Gasteiger partial charge in [-0.25, -0.2) is 8.42 Å². The molecular formula is C12H17NO2S. The van der Waals surface area contributed by atoms with E-state index in [0.717, 1.165) is 24.9 Å². The molecule has 1 fully saturated rings. The van der Waals surface area contributed by atoms with Gasteiger partial charge >= 0.3 is 0 Å². The molecule has 2 N–H and O–H groups in total. The molecule has 1 atom stereocenters. The zero-order valence-corrected chi connectivity index (χ0v) is 10.0. The Morgan fingerprint density at radius 3 is 2.56 bits per heavy atom. The molecule has 2 rings (SSSR count). The number of hydrogen-bond donors (Lipinski definition) is 1. The van der Waals surface area contributed by atoms with Crippen LogP contribution in [0.15, 0.2) is 24.3 Å². The molecular weight excluding hydrogens is 222 g/mol. The summed E-state index contributed by atoms with van der Waals surface area (Å²) < 4.78 is 23.0. The van der Waals surface area contributed by atoms with E-state index in [2.05, 4.69) is 0 Å². The molecule has 88 valence electrons. The Morgan fingerprint density at radius 2 is 1.94 bits per heavy atom. The summed E-state index contributed by atoms with van der Waals surface area (Å²) in [5, 5.41) is 0. The molecule has 0 amide bonds. The first-order chi connectivity index (χ1) is 7.55. The first kappa shape index (κ1) is 11.5. The molecule has 4 heteroatoms. The van der Waals surface area contributed by atoms with Gasteiger partial charge in [0, 0.05) is 5.69 Å². The fraction of sp³-hybridized carbons (Fsp3) is 0.500. The Morgan fingerprint density at radius 1 is 1.25 bits per heavy atom. The first-order valence-corrected chi connectivity index (χ1v) is 7.42. The average molecular weight is 239 g/mol. The Hall–Kier alpha value is -1.03. The third-order valence-corrected chi connectivity index (χ3v) is 4.95. The predicted octanol–water partition coefficient (Wildman–Crippen LogP) is 1.64. The maximum absolute atomic E-state index is 11.5.